The number of amides is 1. The van der Waals surface area contributed by atoms with E-state index in [1.165, 1.54) is 24.2 Å². The minimum atomic E-state index is -0.0630. The maximum Gasteiger partial charge on any atom is 0.263 e. The van der Waals surface area contributed by atoms with Crippen molar-refractivity contribution >= 4 is 40.4 Å². The molecule has 2 heterocycles. The summed E-state index contributed by atoms with van der Waals surface area (Å²) >= 11 is 13.6. The number of thiazole rings is 1. The first kappa shape index (κ1) is 18.6. The van der Waals surface area contributed by atoms with E-state index < -0.39 is 0 Å². The number of aryl methyl sites for hydroxylation is 1. The normalized spacial score (nSPS) is 17.8. The van der Waals surface area contributed by atoms with E-state index in [0.29, 0.717) is 27.5 Å². The molecule has 1 N–H and O–H groups in total. The molecule has 1 aromatic carbocycles. The third-order valence-electron chi connectivity index (χ3n) is 4.60. The van der Waals surface area contributed by atoms with E-state index in [2.05, 4.69) is 22.2 Å². The van der Waals surface area contributed by atoms with Crippen molar-refractivity contribution in [2.75, 3.05) is 20.1 Å². The molecular weight excluding hydrogens is 377 g/mol. The third kappa shape index (κ3) is 4.34. The molecule has 4 nitrogen and oxygen atoms in total. The molecule has 0 bridgehead atoms. The Balaban J connectivity index is 1.66. The van der Waals surface area contributed by atoms with Gasteiger partial charge in [0.05, 0.1) is 10.7 Å². The van der Waals surface area contributed by atoms with Crippen molar-refractivity contribution in [2.24, 2.45) is 0 Å². The standard InChI is InChI=1S/C18H21Cl2N3OS/c1-11-16(17(24)21-8-7-13-4-3-9-23(13)2)25-18(22-11)14-6-5-12(19)10-15(14)20/h5-6,10,13H,3-4,7-9H2,1-2H3,(H,21,24). The van der Waals surface area contributed by atoms with Crippen LogP contribution in [0.4, 0.5) is 0 Å². The number of nitrogens with one attached hydrogen (secondary N) is 1. The lowest BCUT2D eigenvalue weighted by Crippen LogP contribution is -2.31. The molecule has 1 aromatic heterocycles. The Bertz CT molecular complexity index is 778. The van der Waals surface area contributed by atoms with E-state index in [1.54, 1.807) is 12.1 Å². The molecule has 0 saturated carbocycles. The predicted molar refractivity (Wildman–Crippen MR) is 105 cm³/mol. The van der Waals surface area contributed by atoms with Gasteiger partial charge in [0.25, 0.3) is 5.91 Å². The van der Waals surface area contributed by atoms with E-state index in [1.807, 2.05) is 13.0 Å². The Kier molecular flexibility index (Phi) is 6.00. The highest BCUT2D eigenvalue weighted by atomic mass is 35.5. The average molecular weight is 398 g/mol. The van der Waals surface area contributed by atoms with Crippen LogP contribution in [-0.2, 0) is 0 Å². The summed E-state index contributed by atoms with van der Waals surface area (Å²) < 4.78 is 0. The largest absolute Gasteiger partial charge is 0.351 e. The molecule has 7 heteroatoms. The zero-order chi connectivity index (χ0) is 18.0. The first-order valence-corrected chi connectivity index (χ1v) is 9.94. The highest BCUT2D eigenvalue weighted by molar-refractivity contribution is 7.17. The van der Waals surface area contributed by atoms with Gasteiger partial charge in [-0.3, -0.25) is 4.79 Å². The van der Waals surface area contributed by atoms with Crippen LogP contribution in [0.5, 0.6) is 0 Å². The molecule has 1 unspecified atom stereocenters. The second kappa shape index (κ2) is 8.04. The van der Waals surface area contributed by atoms with Crippen LogP contribution in [0.3, 0.4) is 0 Å². The number of likely N-dealkylation sites (tertiary alicyclic amines) is 1. The summed E-state index contributed by atoms with van der Waals surface area (Å²) in [7, 11) is 2.15. The minimum absolute atomic E-state index is 0.0630. The number of nitrogens with zero attached hydrogens (tertiary/aromatic N) is 2. The fraction of sp³-hybridized carbons (Fsp3) is 0.444. The van der Waals surface area contributed by atoms with E-state index in [0.717, 1.165) is 29.2 Å². The zero-order valence-corrected chi connectivity index (χ0v) is 16.6. The van der Waals surface area contributed by atoms with Crippen molar-refractivity contribution < 1.29 is 4.79 Å². The SMILES string of the molecule is Cc1nc(-c2ccc(Cl)cc2Cl)sc1C(=O)NCCC1CCCN1C. The number of rotatable bonds is 5. The summed E-state index contributed by atoms with van der Waals surface area (Å²) in [6, 6.07) is 5.87. The molecule has 3 rings (SSSR count). The molecule has 0 aliphatic carbocycles. The molecule has 0 spiro atoms. The van der Waals surface area contributed by atoms with Gasteiger partial charge in [0.1, 0.15) is 9.88 Å². The van der Waals surface area contributed by atoms with Crippen LogP contribution in [0, 0.1) is 6.92 Å². The Hall–Kier alpha value is -1.14. The molecule has 134 valence electrons. The van der Waals surface area contributed by atoms with Crippen molar-refractivity contribution in [2.45, 2.75) is 32.2 Å². The second-order valence-corrected chi connectivity index (χ2v) is 8.22. The van der Waals surface area contributed by atoms with Crippen LogP contribution >= 0.6 is 34.5 Å². The molecule has 0 radical (unpaired) electrons. The summed E-state index contributed by atoms with van der Waals surface area (Å²) in [6.07, 6.45) is 3.44. The van der Waals surface area contributed by atoms with Crippen molar-refractivity contribution in [1.82, 2.24) is 15.2 Å². The molecule has 1 amide bonds. The Labute approximate surface area is 162 Å². The fourth-order valence-corrected chi connectivity index (χ4v) is 4.74. The van der Waals surface area contributed by atoms with Crippen molar-refractivity contribution in [3.05, 3.63) is 38.8 Å². The first-order valence-electron chi connectivity index (χ1n) is 8.37. The molecule has 1 atom stereocenters. The van der Waals surface area contributed by atoms with Gasteiger partial charge in [-0.15, -0.1) is 11.3 Å². The number of halogens is 2. The second-order valence-electron chi connectivity index (χ2n) is 6.38. The highest BCUT2D eigenvalue weighted by Gasteiger charge is 2.21. The topological polar surface area (TPSA) is 45.2 Å². The summed E-state index contributed by atoms with van der Waals surface area (Å²) in [6.45, 7) is 3.68. The van der Waals surface area contributed by atoms with Crippen molar-refractivity contribution in [1.29, 1.82) is 0 Å². The van der Waals surface area contributed by atoms with E-state index in [4.69, 9.17) is 23.2 Å². The number of hydrogen-bond donors (Lipinski definition) is 1. The number of benzene rings is 1. The van der Waals surface area contributed by atoms with Crippen LogP contribution < -0.4 is 5.32 Å². The van der Waals surface area contributed by atoms with Crippen LogP contribution in [-0.4, -0.2) is 42.0 Å². The van der Waals surface area contributed by atoms with E-state index >= 15 is 0 Å². The van der Waals surface area contributed by atoms with E-state index in [9.17, 15) is 4.79 Å². The summed E-state index contributed by atoms with van der Waals surface area (Å²) in [5.41, 5.74) is 1.52. The van der Waals surface area contributed by atoms with Gasteiger partial charge in [0, 0.05) is 23.2 Å². The average Bonchev–Trinajstić information content (AvgIpc) is 3.13. The maximum atomic E-state index is 12.5. The maximum absolute atomic E-state index is 12.5. The monoisotopic (exact) mass is 397 g/mol. The Morgan fingerprint density at radius 3 is 2.92 bits per heavy atom. The number of carbonyl (C=O) groups is 1. The smallest absolute Gasteiger partial charge is 0.263 e. The molecular formula is C18H21Cl2N3OS. The summed E-state index contributed by atoms with van der Waals surface area (Å²) in [5.74, 6) is -0.0630. The van der Waals surface area contributed by atoms with Gasteiger partial charge in [0.2, 0.25) is 0 Å². The highest BCUT2D eigenvalue weighted by Crippen LogP contribution is 2.34. The van der Waals surface area contributed by atoms with Gasteiger partial charge in [-0.2, -0.15) is 0 Å². The van der Waals surface area contributed by atoms with Gasteiger partial charge in [-0.05, 0) is 58.0 Å². The molecule has 1 aliphatic heterocycles. The van der Waals surface area contributed by atoms with Gasteiger partial charge in [-0.25, -0.2) is 4.98 Å². The summed E-state index contributed by atoms with van der Waals surface area (Å²) in [5, 5.41) is 4.88. The quantitative estimate of drug-likeness (QED) is 0.798. The Morgan fingerprint density at radius 1 is 1.44 bits per heavy atom. The molecule has 25 heavy (non-hydrogen) atoms. The fourth-order valence-electron chi connectivity index (χ4n) is 3.16. The predicted octanol–water partition coefficient (Wildman–Crippen LogP) is 4.64. The lowest BCUT2D eigenvalue weighted by atomic mass is 10.1. The van der Waals surface area contributed by atoms with Crippen molar-refractivity contribution in [3.8, 4) is 10.6 Å². The van der Waals surface area contributed by atoms with Gasteiger partial charge >= 0.3 is 0 Å². The number of aromatic nitrogens is 1. The third-order valence-corrected chi connectivity index (χ3v) is 6.34. The molecule has 1 aliphatic rings. The molecule has 2 aromatic rings. The molecule has 1 saturated heterocycles. The summed E-state index contributed by atoms with van der Waals surface area (Å²) in [4.78, 5) is 20.0. The number of carbonyl (C=O) groups excluding carboxylic acids is 1. The lowest BCUT2D eigenvalue weighted by molar-refractivity contribution is 0.0953. The van der Waals surface area contributed by atoms with Gasteiger partial charge < -0.3 is 10.2 Å². The van der Waals surface area contributed by atoms with Crippen LogP contribution in [0.1, 0.15) is 34.6 Å². The van der Waals surface area contributed by atoms with E-state index in [-0.39, 0.29) is 5.91 Å². The first-order chi connectivity index (χ1) is 12.0. The minimum Gasteiger partial charge on any atom is -0.351 e. The van der Waals surface area contributed by atoms with Gasteiger partial charge in [-0.1, -0.05) is 23.2 Å². The number of hydrogen-bond acceptors (Lipinski definition) is 4. The van der Waals surface area contributed by atoms with Crippen molar-refractivity contribution in [3.63, 3.8) is 0 Å². The van der Waals surface area contributed by atoms with Crippen LogP contribution in [0.2, 0.25) is 10.0 Å². The van der Waals surface area contributed by atoms with Crippen LogP contribution in [0.25, 0.3) is 10.6 Å². The van der Waals surface area contributed by atoms with Gasteiger partial charge in [0.15, 0.2) is 0 Å². The molecule has 1 fully saturated rings. The Morgan fingerprint density at radius 2 is 2.24 bits per heavy atom. The van der Waals surface area contributed by atoms with Crippen LogP contribution in [0.15, 0.2) is 18.2 Å². The zero-order valence-electron chi connectivity index (χ0n) is 14.3. The lowest BCUT2D eigenvalue weighted by Gasteiger charge is -2.19.